The first-order chi connectivity index (χ1) is 18.7. The number of nitrogens with one attached hydrogen (secondary N) is 2. The number of imidazole rings is 1. The summed E-state index contributed by atoms with van der Waals surface area (Å²) in [7, 11) is 0. The van der Waals surface area contributed by atoms with Crippen molar-refractivity contribution in [1.82, 2.24) is 24.7 Å². The molecular formula is C26H21F3N6O3S. The highest BCUT2D eigenvalue weighted by atomic mass is 32.1. The maximum Gasteiger partial charge on any atom is 0.490 e. The zero-order chi connectivity index (χ0) is 27.8. The molecule has 0 fully saturated rings. The van der Waals surface area contributed by atoms with Crippen LogP contribution in [0.5, 0.6) is 0 Å². The molecule has 13 heteroatoms. The number of aromatic nitrogens is 4. The number of carbonyl (C=O) groups is 2. The number of hydrogen-bond donors (Lipinski definition) is 3. The first kappa shape index (κ1) is 27.3. The third-order valence-electron chi connectivity index (χ3n) is 5.17. The molecule has 1 aromatic carbocycles. The molecule has 4 aromatic heterocycles. The Morgan fingerprint density at radius 1 is 0.949 bits per heavy atom. The molecule has 4 heterocycles. The molecule has 200 valence electrons. The van der Waals surface area contributed by atoms with Crippen molar-refractivity contribution in [2.45, 2.75) is 19.3 Å². The van der Waals surface area contributed by atoms with Crippen LogP contribution in [0.2, 0.25) is 0 Å². The predicted octanol–water partition coefficient (Wildman–Crippen LogP) is 5.03. The van der Waals surface area contributed by atoms with Crippen LogP contribution in [0.3, 0.4) is 0 Å². The van der Waals surface area contributed by atoms with E-state index in [0.717, 1.165) is 26.8 Å². The Bertz CT molecular complexity index is 1560. The van der Waals surface area contributed by atoms with Gasteiger partial charge in [0.2, 0.25) is 0 Å². The minimum absolute atomic E-state index is 0.207. The molecule has 1 amide bonds. The molecule has 0 bridgehead atoms. The Labute approximate surface area is 224 Å². The van der Waals surface area contributed by atoms with Crippen LogP contribution in [-0.2, 0) is 17.9 Å². The summed E-state index contributed by atoms with van der Waals surface area (Å²) in [5.74, 6) is -2.27. The second-order valence-corrected chi connectivity index (χ2v) is 8.95. The molecule has 5 aromatic rings. The lowest BCUT2D eigenvalue weighted by Gasteiger charge is -2.03. The normalized spacial score (nSPS) is 10.9. The number of halogens is 3. The van der Waals surface area contributed by atoms with Crippen LogP contribution in [0, 0.1) is 0 Å². The zero-order valence-corrected chi connectivity index (χ0v) is 20.9. The summed E-state index contributed by atoms with van der Waals surface area (Å²) in [4.78, 5) is 36.2. The van der Waals surface area contributed by atoms with Gasteiger partial charge in [-0.2, -0.15) is 13.2 Å². The molecule has 0 unspecified atom stereocenters. The average Bonchev–Trinajstić information content (AvgIpc) is 3.56. The topological polar surface area (TPSA) is 122 Å². The second-order valence-electron chi connectivity index (χ2n) is 7.92. The number of carbonyl (C=O) groups excluding carboxylic acids is 1. The van der Waals surface area contributed by atoms with Crippen LogP contribution in [0.4, 0.5) is 18.3 Å². The highest BCUT2D eigenvalue weighted by Crippen LogP contribution is 2.30. The van der Waals surface area contributed by atoms with E-state index in [4.69, 9.17) is 9.90 Å². The van der Waals surface area contributed by atoms with E-state index in [9.17, 15) is 18.0 Å². The lowest BCUT2D eigenvalue weighted by Crippen LogP contribution is -2.23. The van der Waals surface area contributed by atoms with Gasteiger partial charge in [0.05, 0.1) is 28.8 Å². The molecule has 0 atom stereocenters. The first-order valence-electron chi connectivity index (χ1n) is 11.4. The number of alkyl halides is 3. The van der Waals surface area contributed by atoms with Gasteiger partial charge in [0, 0.05) is 18.9 Å². The van der Waals surface area contributed by atoms with Crippen LogP contribution in [0.1, 0.15) is 21.7 Å². The molecule has 0 saturated carbocycles. The number of nitrogens with zero attached hydrogens (tertiary/aromatic N) is 4. The number of rotatable bonds is 7. The van der Waals surface area contributed by atoms with Crippen molar-refractivity contribution < 1.29 is 27.9 Å². The Morgan fingerprint density at radius 2 is 1.67 bits per heavy atom. The van der Waals surface area contributed by atoms with Gasteiger partial charge in [-0.3, -0.25) is 14.2 Å². The van der Waals surface area contributed by atoms with Crippen molar-refractivity contribution >= 4 is 33.9 Å². The van der Waals surface area contributed by atoms with Gasteiger partial charge < -0.3 is 15.7 Å². The number of anilines is 1. The van der Waals surface area contributed by atoms with Crippen LogP contribution >= 0.6 is 11.3 Å². The van der Waals surface area contributed by atoms with E-state index >= 15 is 0 Å². The van der Waals surface area contributed by atoms with Gasteiger partial charge in [-0.1, -0.05) is 53.8 Å². The van der Waals surface area contributed by atoms with Gasteiger partial charge in [0.15, 0.2) is 16.6 Å². The molecule has 0 aliphatic carbocycles. The fraction of sp³-hybridized carbons (Fsp3) is 0.115. The molecule has 0 spiro atoms. The van der Waals surface area contributed by atoms with E-state index < -0.39 is 12.1 Å². The van der Waals surface area contributed by atoms with Gasteiger partial charge in [-0.15, -0.1) is 0 Å². The van der Waals surface area contributed by atoms with Gasteiger partial charge in [-0.25, -0.2) is 14.8 Å². The number of carboxylic acids is 1. The van der Waals surface area contributed by atoms with Crippen molar-refractivity contribution in [2.24, 2.45) is 0 Å². The summed E-state index contributed by atoms with van der Waals surface area (Å²) < 4.78 is 33.7. The Hall–Kier alpha value is -4.78. The summed E-state index contributed by atoms with van der Waals surface area (Å²) in [6.45, 7) is 1.03. The molecule has 3 N–H and O–H groups in total. The van der Waals surface area contributed by atoms with Crippen LogP contribution in [0.15, 0.2) is 85.3 Å². The number of aliphatic carboxylic acids is 1. The molecule has 5 rings (SSSR count). The average molecular weight is 555 g/mol. The number of carboxylic acid groups (broad SMARTS) is 1. The van der Waals surface area contributed by atoms with Gasteiger partial charge in [-0.05, 0) is 29.8 Å². The highest BCUT2D eigenvalue weighted by Gasteiger charge is 2.38. The largest absolute Gasteiger partial charge is 0.490 e. The number of thiazole rings is 1. The SMILES string of the molecule is O=C(NCc1ccccc1)c1nc(-c2cnc(NCc3ccccn3)s2)n2ccccc12.O=C(O)C(F)(F)F. The minimum Gasteiger partial charge on any atom is -0.475 e. The third-order valence-corrected chi connectivity index (χ3v) is 6.13. The smallest absolute Gasteiger partial charge is 0.475 e. The standard InChI is InChI=1S/C24H20N6OS.C2HF3O2/c31-23(26-14-17-8-2-1-3-9-17)21-19-11-5-7-13-30(19)22(29-21)20-16-28-24(32-20)27-15-18-10-4-6-12-25-18;3-2(4,5)1(6)7/h1-13,16H,14-15H2,(H,26,31)(H,27,28);(H,6,7). The molecule has 0 saturated heterocycles. The molecule has 0 aliphatic rings. The summed E-state index contributed by atoms with van der Waals surface area (Å²) in [6.07, 6.45) is 0.372. The monoisotopic (exact) mass is 554 g/mol. The molecular weight excluding hydrogens is 533 g/mol. The van der Waals surface area contributed by atoms with Gasteiger partial charge >= 0.3 is 12.1 Å². The van der Waals surface area contributed by atoms with E-state index in [1.165, 1.54) is 11.3 Å². The number of fused-ring (bicyclic) bond motifs is 1. The van der Waals surface area contributed by atoms with Gasteiger partial charge in [0.1, 0.15) is 0 Å². The first-order valence-corrected chi connectivity index (χ1v) is 12.2. The summed E-state index contributed by atoms with van der Waals surface area (Å²) in [5, 5.41) is 14.2. The zero-order valence-electron chi connectivity index (χ0n) is 20.1. The Balaban J connectivity index is 0.000000448. The number of amides is 1. The summed E-state index contributed by atoms with van der Waals surface area (Å²) >= 11 is 1.49. The summed E-state index contributed by atoms with van der Waals surface area (Å²) in [5.41, 5.74) is 3.13. The van der Waals surface area contributed by atoms with Crippen LogP contribution in [0.25, 0.3) is 16.2 Å². The fourth-order valence-corrected chi connectivity index (χ4v) is 4.17. The lowest BCUT2D eigenvalue weighted by molar-refractivity contribution is -0.192. The summed E-state index contributed by atoms with van der Waals surface area (Å²) in [6, 6.07) is 21.4. The number of hydrogen-bond acceptors (Lipinski definition) is 7. The van der Waals surface area contributed by atoms with E-state index in [1.54, 1.807) is 12.4 Å². The van der Waals surface area contributed by atoms with E-state index in [0.29, 0.717) is 24.6 Å². The van der Waals surface area contributed by atoms with Crippen LogP contribution < -0.4 is 10.6 Å². The Kier molecular flexibility index (Phi) is 8.51. The van der Waals surface area contributed by atoms with E-state index in [2.05, 4.69) is 25.6 Å². The highest BCUT2D eigenvalue weighted by molar-refractivity contribution is 7.18. The molecule has 9 nitrogen and oxygen atoms in total. The quantitative estimate of drug-likeness (QED) is 0.258. The van der Waals surface area contributed by atoms with E-state index in [1.807, 2.05) is 77.3 Å². The number of pyridine rings is 2. The van der Waals surface area contributed by atoms with Crippen molar-refractivity contribution in [1.29, 1.82) is 0 Å². The van der Waals surface area contributed by atoms with Gasteiger partial charge in [0.25, 0.3) is 5.91 Å². The number of benzene rings is 1. The lowest BCUT2D eigenvalue weighted by atomic mass is 10.2. The van der Waals surface area contributed by atoms with Crippen molar-refractivity contribution in [2.75, 3.05) is 5.32 Å². The van der Waals surface area contributed by atoms with E-state index in [-0.39, 0.29) is 5.91 Å². The van der Waals surface area contributed by atoms with Crippen molar-refractivity contribution in [3.63, 3.8) is 0 Å². The van der Waals surface area contributed by atoms with Crippen LogP contribution in [-0.4, -0.2) is 42.5 Å². The fourth-order valence-electron chi connectivity index (χ4n) is 3.37. The van der Waals surface area contributed by atoms with Crippen molar-refractivity contribution in [3.8, 4) is 10.7 Å². The molecule has 0 aliphatic heterocycles. The molecule has 39 heavy (non-hydrogen) atoms. The Morgan fingerprint density at radius 3 is 2.36 bits per heavy atom. The third kappa shape index (κ3) is 7.17. The maximum atomic E-state index is 12.9. The molecule has 0 radical (unpaired) electrons. The maximum absolute atomic E-state index is 12.9. The second kappa shape index (κ2) is 12.2. The minimum atomic E-state index is -5.08. The predicted molar refractivity (Wildman–Crippen MR) is 139 cm³/mol. The van der Waals surface area contributed by atoms with Crippen molar-refractivity contribution in [3.05, 3.63) is 102 Å².